The summed E-state index contributed by atoms with van der Waals surface area (Å²) >= 11 is 0. The van der Waals surface area contributed by atoms with Gasteiger partial charge in [-0.25, -0.2) is 0 Å². The predicted octanol–water partition coefficient (Wildman–Crippen LogP) is 3.78. The van der Waals surface area contributed by atoms with E-state index in [0.717, 1.165) is 12.0 Å². The second-order valence-electron chi connectivity index (χ2n) is 4.67. The maximum atomic E-state index is 10.8. The van der Waals surface area contributed by atoms with Gasteiger partial charge in [-0.15, -0.1) is 0 Å². The minimum Gasteiger partial charge on any atom is -0.495 e. The highest BCUT2D eigenvalue weighted by molar-refractivity contribution is 5.61. The zero-order chi connectivity index (χ0) is 15.2. The molecule has 0 saturated heterocycles. The van der Waals surface area contributed by atoms with E-state index in [1.807, 2.05) is 0 Å². The Morgan fingerprint density at radius 3 is 2.38 bits per heavy atom. The third-order valence-corrected chi connectivity index (χ3v) is 3.31. The predicted molar refractivity (Wildman–Crippen MR) is 82.8 cm³/mol. The van der Waals surface area contributed by atoms with Crippen molar-refractivity contribution < 1.29 is 9.66 Å². The molecule has 1 N–H and O–H groups in total. The number of anilines is 1. The van der Waals surface area contributed by atoms with E-state index >= 15 is 0 Å². The van der Waals surface area contributed by atoms with Crippen molar-refractivity contribution in [2.24, 2.45) is 0 Å². The number of hydrogen-bond donors (Lipinski definition) is 1. The van der Waals surface area contributed by atoms with Gasteiger partial charge in [0.15, 0.2) is 0 Å². The fraction of sp³-hybridized carbons (Fsp3) is 0.250. The normalized spacial score (nSPS) is 10.2. The molecule has 0 aliphatic carbocycles. The van der Waals surface area contributed by atoms with Crippen LogP contribution >= 0.6 is 0 Å². The maximum absolute atomic E-state index is 10.8. The highest BCUT2D eigenvalue weighted by Crippen LogP contribution is 2.29. The minimum atomic E-state index is -0.416. The van der Waals surface area contributed by atoms with Crippen molar-refractivity contribution in [2.75, 3.05) is 12.4 Å². The summed E-state index contributed by atoms with van der Waals surface area (Å²) in [4.78, 5) is 10.4. The largest absolute Gasteiger partial charge is 0.495 e. The first-order chi connectivity index (χ1) is 10.1. The maximum Gasteiger partial charge on any atom is 0.271 e. The molecule has 0 fully saturated rings. The van der Waals surface area contributed by atoms with E-state index in [-0.39, 0.29) is 5.69 Å². The standard InChI is InChI=1S/C16H18N2O3/c1-3-12-4-6-13(7-5-12)11-17-15-10-14(18(19)20)8-9-16(15)21-2/h4-10,17H,3,11H2,1-2H3. The first-order valence-corrected chi connectivity index (χ1v) is 6.78. The van der Waals surface area contributed by atoms with Crippen LogP contribution in [-0.2, 0) is 13.0 Å². The monoisotopic (exact) mass is 286 g/mol. The van der Waals surface area contributed by atoms with Crippen LogP contribution in [0.2, 0.25) is 0 Å². The van der Waals surface area contributed by atoms with Crippen LogP contribution < -0.4 is 10.1 Å². The molecule has 5 nitrogen and oxygen atoms in total. The van der Waals surface area contributed by atoms with Gasteiger partial charge in [0.2, 0.25) is 0 Å². The van der Waals surface area contributed by atoms with Crippen molar-refractivity contribution in [3.8, 4) is 5.75 Å². The number of nitro benzene ring substituents is 1. The first-order valence-electron chi connectivity index (χ1n) is 6.78. The molecule has 2 rings (SSSR count). The molecule has 0 bridgehead atoms. The van der Waals surface area contributed by atoms with E-state index < -0.39 is 4.92 Å². The zero-order valence-corrected chi connectivity index (χ0v) is 12.1. The summed E-state index contributed by atoms with van der Waals surface area (Å²) in [6.45, 7) is 2.70. The molecular weight excluding hydrogens is 268 g/mol. The van der Waals surface area contributed by atoms with Gasteiger partial charge in [0.25, 0.3) is 5.69 Å². The van der Waals surface area contributed by atoms with E-state index in [1.54, 1.807) is 13.2 Å². The molecule has 0 aromatic heterocycles. The lowest BCUT2D eigenvalue weighted by atomic mass is 10.1. The van der Waals surface area contributed by atoms with Crippen molar-refractivity contribution in [1.82, 2.24) is 0 Å². The Hall–Kier alpha value is -2.56. The van der Waals surface area contributed by atoms with Crippen LogP contribution in [0.4, 0.5) is 11.4 Å². The molecule has 0 radical (unpaired) electrons. The molecule has 0 aliphatic heterocycles. The van der Waals surface area contributed by atoms with Gasteiger partial charge in [-0.2, -0.15) is 0 Å². The molecular formula is C16H18N2O3. The van der Waals surface area contributed by atoms with Gasteiger partial charge in [0.05, 0.1) is 17.7 Å². The number of benzene rings is 2. The molecule has 0 unspecified atom stereocenters. The van der Waals surface area contributed by atoms with Crippen molar-refractivity contribution in [3.05, 3.63) is 63.7 Å². The fourth-order valence-electron chi connectivity index (χ4n) is 2.04. The zero-order valence-electron chi connectivity index (χ0n) is 12.1. The molecule has 0 atom stereocenters. The van der Waals surface area contributed by atoms with Crippen LogP contribution in [0.1, 0.15) is 18.1 Å². The third-order valence-electron chi connectivity index (χ3n) is 3.31. The van der Waals surface area contributed by atoms with E-state index in [9.17, 15) is 10.1 Å². The molecule has 5 heteroatoms. The van der Waals surface area contributed by atoms with E-state index in [1.165, 1.54) is 17.7 Å². The van der Waals surface area contributed by atoms with Gasteiger partial charge in [0.1, 0.15) is 5.75 Å². The number of nitrogens with one attached hydrogen (secondary N) is 1. The fourth-order valence-corrected chi connectivity index (χ4v) is 2.04. The number of non-ortho nitro benzene ring substituents is 1. The van der Waals surface area contributed by atoms with Crippen molar-refractivity contribution in [2.45, 2.75) is 19.9 Å². The van der Waals surface area contributed by atoms with E-state index in [2.05, 4.69) is 36.5 Å². The van der Waals surface area contributed by atoms with Crippen LogP contribution in [0.3, 0.4) is 0 Å². The Labute approximate surface area is 123 Å². The summed E-state index contributed by atoms with van der Waals surface area (Å²) in [5.41, 5.74) is 3.05. The number of nitrogens with zero attached hydrogens (tertiary/aromatic N) is 1. The van der Waals surface area contributed by atoms with Gasteiger partial charge in [-0.3, -0.25) is 10.1 Å². The lowest BCUT2D eigenvalue weighted by Crippen LogP contribution is -2.02. The van der Waals surface area contributed by atoms with Crippen molar-refractivity contribution in [1.29, 1.82) is 0 Å². The van der Waals surface area contributed by atoms with Gasteiger partial charge in [-0.05, 0) is 23.6 Å². The smallest absolute Gasteiger partial charge is 0.271 e. The summed E-state index contributed by atoms with van der Waals surface area (Å²) < 4.78 is 5.22. The number of ether oxygens (including phenoxy) is 1. The van der Waals surface area contributed by atoms with Crippen molar-refractivity contribution >= 4 is 11.4 Å². The molecule has 0 heterocycles. The minimum absolute atomic E-state index is 0.0413. The number of methoxy groups -OCH3 is 1. The Morgan fingerprint density at radius 2 is 1.81 bits per heavy atom. The SMILES string of the molecule is CCc1ccc(CNc2cc([N+](=O)[O-])ccc2OC)cc1. The molecule has 21 heavy (non-hydrogen) atoms. The second kappa shape index (κ2) is 6.74. The third kappa shape index (κ3) is 3.72. The highest BCUT2D eigenvalue weighted by atomic mass is 16.6. The Morgan fingerprint density at radius 1 is 1.14 bits per heavy atom. The summed E-state index contributed by atoms with van der Waals surface area (Å²) in [5.74, 6) is 0.589. The van der Waals surface area contributed by atoms with E-state index in [4.69, 9.17) is 4.74 Å². The Kier molecular flexibility index (Phi) is 4.77. The molecule has 110 valence electrons. The Bertz CT molecular complexity index is 624. The quantitative estimate of drug-likeness (QED) is 0.648. The molecule has 0 aliphatic rings. The summed E-state index contributed by atoms with van der Waals surface area (Å²) in [6.07, 6.45) is 1.01. The molecule has 2 aromatic carbocycles. The lowest BCUT2D eigenvalue weighted by Gasteiger charge is -2.11. The van der Waals surface area contributed by atoms with Crippen LogP contribution in [0, 0.1) is 10.1 Å². The van der Waals surface area contributed by atoms with Crippen LogP contribution in [0.15, 0.2) is 42.5 Å². The van der Waals surface area contributed by atoms with Crippen LogP contribution in [0.5, 0.6) is 5.75 Å². The molecule has 0 saturated carbocycles. The molecule has 0 spiro atoms. The molecule has 0 amide bonds. The van der Waals surface area contributed by atoms with Gasteiger partial charge in [0, 0.05) is 18.7 Å². The van der Waals surface area contributed by atoms with Gasteiger partial charge >= 0.3 is 0 Å². The Balaban J connectivity index is 2.13. The lowest BCUT2D eigenvalue weighted by molar-refractivity contribution is -0.384. The number of aryl methyl sites for hydroxylation is 1. The number of nitro groups is 1. The van der Waals surface area contributed by atoms with Crippen LogP contribution in [-0.4, -0.2) is 12.0 Å². The average molecular weight is 286 g/mol. The number of rotatable bonds is 6. The van der Waals surface area contributed by atoms with Gasteiger partial charge in [-0.1, -0.05) is 31.2 Å². The van der Waals surface area contributed by atoms with Gasteiger partial charge < -0.3 is 10.1 Å². The topological polar surface area (TPSA) is 64.4 Å². The van der Waals surface area contributed by atoms with E-state index in [0.29, 0.717) is 18.0 Å². The first kappa shape index (κ1) is 14.8. The summed E-state index contributed by atoms with van der Waals surface area (Å²) in [6, 6.07) is 12.8. The molecule has 2 aromatic rings. The van der Waals surface area contributed by atoms with Crippen molar-refractivity contribution in [3.63, 3.8) is 0 Å². The average Bonchev–Trinajstić information content (AvgIpc) is 2.53. The number of hydrogen-bond acceptors (Lipinski definition) is 4. The highest BCUT2D eigenvalue weighted by Gasteiger charge is 2.11. The summed E-state index contributed by atoms with van der Waals surface area (Å²) in [7, 11) is 1.54. The van der Waals surface area contributed by atoms with Crippen LogP contribution in [0.25, 0.3) is 0 Å². The summed E-state index contributed by atoms with van der Waals surface area (Å²) in [5, 5.41) is 14.0. The second-order valence-corrected chi connectivity index (χ2v) is 4.67.